The average Bonchev–Trinajstić information content (AvgIpc) is 2.98. The molecular weight excluding hydrogens is 248 g/mol. The van der Waals surface area contributed by atoms with Gasteiger partial charge in [-0.2, -0.15) is 0 Å². The van der Waals surface area contributed by atoms with E-state index in [1.165, 1.54) is 12.5 Å². The van der Waals surface area contributed by atoms with Gasteiger partial charge in [0, 0.05) is 31.2 Å². The summed E-state index contributed by atoms with van der Waals surface area (Å²) in [7, 11) is 0. The number of hydrogen-bond donors (Lipinski definition) is 3. The van der Waals surface area contributed by atoms with Crippen LogP contribution in [0.5, 0.6) is 0 Å². The SMILES string of the molecule is NC1CCC(C(=O)NCCn2cnc(C(=O)O)c2)C1. The molecule has 1 heterocycles. The Morgan fingerprint density at radius 3 is 2.89 bits per heavy atom. The summed E-state index contributed by atoms with van der Waals surface area (Å²) in [6.45, 7) is 0.963. The van der Waals surface area contributed by atoms with Crippen LogP contribution >= 0.6 is 0 Å². The predicted octanol–water partition coefficient (Wildman–Crippen LogP) is -0.175. The number of carboxylic acid groups (broad SMARTS) is 1. The summed E-state index contributed by atoms with van der Waals surface area (Å²) in [4.78, 5) is 26.2. The topological polar surface area (TPSA) is 110 Å². The summed E-state index contributed by atoms with van der Waals surface area (Å²) in [6, 6.07) is 0.141. The highest BCUT2D eigenvalue weighted by Gasteiger charge is 2.27. The van der Waals surface area contributed by atoms with E-state index < -0.39 is 5.97 Å². The minimum atomic E-state index is -1.05. The van der Waals surface area contributed by atoms with Crippen LogP contribution in [0.2, 0.25) is 0 Å². The van der Waals surface area contributed by atoms with E-state index in [9.17, 15) is 9.59 Å². The fourth-order valence-electron chi connectivity index (χ4n) is 2.30. The Kier molecular flexibility index (Phi) is 4.16. The van der Waals surface area contributed by atoms with Crippen LogP contribution in [0.25, 0.3) is 0 Å². The molecule has 1 aromatic rings. The highest BCUT2D eigenvalue weighted by Crippen LogP contribution is 2.23. The Labute approximate surface area is 110 Å². The normalized spacial score (nSPS) is 22.4. The quantitative estimate of drug-likeness (QED) is 0.685. The largest absolute Gasteiger partial charge is 0.476 e. The van der Waals surface area contributed by atoms with Crippen LogP contribution in [0.4, 0.5) is 0 Å². The molecule has 4 N–H and O–H groups in total. The van der Waals surface area contributed by atoms with E-state index in [-0.39, 0.29) is 23.6 Å². The molecule has 1 saturated carbocycles. The van der Waals surface area contributed by atoms with Gasteiger partial charge < -0.3 is 20.7 Å². The van der Waals surface area contributed by atoms with Gasteiger partial charge in [-0.15, -0.1) is 0 Å². The van der Waals surface area contributed by atoms with Gasteiger partial charge in [0.1, 0.15) is 0 Å². The molecule has 1 fully saturated rings. The lowest BCUT2D eigenvalue weighted by Crippen LogP contribution is -2.32. The van der Waals surface area contributed by atoms with Crippen molar-refractivity contribution in [2.24, 2.45) is 11.7 Å². The van der Waals surface area contributed by atoms with E-state index in [4.69, 9.17) is 10.8 Å². The van der Waals surface area contributed by atoms with Crippen molar-refractivity contribution in [3.05, 3.63) is 18.2 Å². The molecule has 2 atom stereocenters. The number of hydrogen-bond acceptors (Lipinski definition) is 4. The molecule has 1 aliphatic rings. The van der Waals surface area contributed by atoms with Gasteiger partial charge in [0.15, 0.2) is 5.69 Å². The second-order valence-corrected chi connectivity index (χ2v) is 4.86. The molecule has 19 heavy (non-hydrogen) atoms. The number of amides is 1. The summed E-state index contributed by atoms with van der Waals surface area (Å²) in [5.74, 6) is -0.999. The molecule has 2 rings (SSSR count). The highest BCUT2D eigenvalue weighted by molar-refractivity contribution is 5.84. The first-order valence-corrected chi connectivity index (χ1v) is 6.34. The minimum Gasteiger partial charge on any atom is -0.476 e. The first-order valence-electron chi connectivity index (χ1n) is 6.34. The summed E-state index contributed by atoms with van der Waals surface area (Å²) >= 11 is 0. The van der Waals surface area contributed by atoms with Crippen molar-refractivity contribution >= 4 is 11.9 Å². The smallest absolute Gasteiger partial charge is 0.356 e. The van der Waals surface area contributed by atoms with Gasteiger partial charge in [0.25, 0.3) is 0 Å². The molecule has 1 amide bonds. The Morgan fingerprint density at radius 2 is 2.32 bits per heavy atom. The van der Waals surface area contributed by atoms with Crippen LogP contribution in [0, 0.1) is 5.92 Å². The first kappa shape index (κ1) is 13.5. The lowest BCUT2D eigenvalue weighted by molar-refractivity contribution is -0.124. The number of aromatic carboxylic acids is 1. The van der Waals surface area contributed by atoms with Crippen molar-refractivity contribution in [2.75, 3.05) is 6.54 Å². The highest BCUT2D eigenvalue weighted by atomic mass is 16.4. The standard InChI is InChI=1S/C12H18N4O3/c13-9-2-1-8(5-9)11(17)14-3-4-16-6-10(12(18)19)15-7-16/h6-9H,1-5,13H2,(H,14,17)(H,18,19). The molecule has 104 valence electrons. The number of carbonyl (C=O) groups is 2. The maximum Gasteiger partial charge on any atom is 0.356 e. The Hall–Kier alpha value is -1.89. The second kappa shape index (κ2) is 5.83. The van der Waals surface area contributed by atoms with Gasteiger partial charge in [-0.3, -0.25) is 4.79 Å². The van der Waals surface area contributed by atoms with Gasteiger partial charge in [-0.25, -0.2) is 9.78 Å². The third kappa shape index (κ3) is 3.54. The van der Waals surface area contributed by atoms with E-state index in [1.807, 2.05) is 0 Å². The Bertz CT molecular complexity index is 471. The molecule has 7 nitrogen and oxygen atoms in total. The van der Waals surface area contributed by atoms with Crippen molar-refractivity contribution in [2.45, 2.75) is 31.8 Å². The van der Waals surface area contributed by atoms with E-state index in [2.05, 4.69) is 10.3 Å². The average molecular weight is 266 g/mol. The monoisotopic (exact) mass is 266 g/mol. The minimum absolute atomic E-state index is 0.00749. The van der Waals surface area contributed by atoms with Gasteiger partial charge in [0.05, 0.1) is 6.33 Å². The summed E-state index contributed by atoms with van der Waals surface area (Å²) in [5, 5.41) is 11.6. The van der Waals surface area contributed by atoms with Crippen LogP contribution in [0.15, 0.2) is 12.5 Å². The molecule has 0 aromatic carbocycles. The maximum absolute atomic E-state index is 11.8. The second-order valence-electron chi connectivity index (χ2n) is 4.86. The van der Waals surface area contributed by atoms with Crippen molar-refractivity contribution in [1.82, 2.24) is 14.9 Å². The predicted molar refractivity (Wildman–Crippen MR) is 67.5 cm³/mol. The molecule has 0 saturated heterocycles. The van der Waals surface area contributed by atoms with Crippen molar-refractivity contribution in [3.8, 4) is 0 Å². The molecule has 7 heteroatoms. The Balaban J connectivity index is 1.73. The van der Waals surface area contributed by atoms with E-state index in [1.54, 1.807) is 4.57 Å². The lowest BCUT2D eigenvalue weighted by atomic mass is 10.1. The molecule has 0 spiro atoms. The molecule has 0 radical (unpaired) electrons. The van der Waals surface area contributed by atoms with Gasteiger partial charge in [-0.1, -0.05) is 0 Å². The zero-order valence-corrected chi connectivity index (χ0v) is 10.6. The number of imidazole rings is 1. The summed E-state index contributed by atoms with van der Waals surface area (Å²) < 4.78 is 1.64. The maximum atomic E-state index is 11.8. The van der Waals surface area contributed by atoms with Crippen LogP contribution in [-0.4, -0.2) is 39.1 Å². The number of nitrogens with zero attached hydrogens (tertiary/aromatic N) is 2. The molecule has 0 bridgehead atoms. The number of nitrogens with two attached hydrogens (primary N) is 1. The third-order valence-electron chi connectivity index (χ3n) is 3.37. The van der Waals surface area contributed by atoms with Crippen LogP contribution in [0.1, 0.15) is 29.8 Å². The van der Waals surface area contributed by atoms with Gasteiger partial charge in [0.2, 0.25) is 5.91 Å². The first-order chi connectivity index (χ1) is 9.06. The number of carboxylic acids is 1. The zero-order valence-electron chi connectivity index (χ0n) is 10.6. The zero-order chi connectivity index (χ0) is 13.8. The fourth-order valence-corrected chi connectivity index (χ4v) is 2.30. The summed E-state index contributed by atoms with van der Waals surface area (Å²) in [5.41, 5.74) is 5.77. The molecule has 2 unspecified atom stereocenters. The van der Waals surface area contributed by atoms with Crippen molar-refractivity contribution in [1.29, 1.82) is 0 Å². The lowest BCUT2D eigenvalue weighted by Gasteiger charge is -2.10. The van der Waals surface area contributed by atoms with E-state index in [0.29, 0.717) is 13.1 Å². The van der Waals surface area contributed by atoms with Gasteiger partial charge >= 0.3 is 5.97 Å². The van der Waals surface area contributed by atoms with E-state index >= 15 is 0 Å². The number of nitrogens with one attached hydrogen (secondary N) is 1. The summed E-state index contributed by atoms with van der Waals surface area (Å²) in [6.07, 6.45) is 5.39. The third-order valence-corrected chi connectivity index (χ3v) is 3.37. The fraction of sp³-hybridized carbons (Fsp3) is 0.583. The van der Waals surface area contributed by atoms with E-state index in [0.717, 1.165) is 19.3 Å². The number of rotatable bonds is 5. The van der Waals surface area contributed by atoms with Crippen molar-refractivity contribution < 1.29 is 14.7 Å². The Morgan fingerprint density at radius 1 is 1.53 bits per heavy atom. The molecule has 1 aromatic heterocycles. The van der Waals surface area contributed by atoms with Gasteiger partial charge in [-0.05, 0) is 19.3 Å². The number of aromatic nitrogens is 2. The molecule has 1 aliphatic carbocycles. The van der Waals surface area contributed by atoms with Crippen LogP contribution in [-0.2, 0) is 11.3 Å². The molecular formula is C12H18N4O3. The van der Waals surface area contributed by atoms with Crippen LogP contribution in [0.3, 0.4) is 0 Å². The van der Waals surface area contributed by atoms with Crippen LogP contribution < -0.4 is 11.1 Å². The molecule has 0 aliphatic heterocycles. The van der Waals surface area contributed by atoms with Crippen molar-refractivity contribution in [3.63, 3.8) is 0 Å². The number of carbonyl (C=O) groups excluding carboxylic acids is 1.